The summed E-state index contributed by atoms with van der Waals surface area (Å²) in [4.78, 5) is 16.4. The third kappa shape index (κ3) is 4.71. The number of nitrogens with one attached hydrogen (secondary N) is 2. The van der Waals surface area contributed by atoms with Crippen LogP contribution in [0.1, 0.15) is 21.5 Å². The summed E-state index contributed by atoms with van der Waals surface area (Å²) in [5.74, 6) is -0.355. The smallest absolute Gasteiger partial charge is 0.261 e. The number of hydrogen-bond donors (Lipinski definition) is 2. The van der Waals surface area contributed by atoms with Gasteiger partial charge in [0.1, 0.15) is 0 Å². The minimum Gasteiger partial charge on any atom is -0.348 e. The molecule has 1 amide bonds. The molecule has 27 heavy (non-hydrogen) atoms. The van der Waals surface area contributed by atoms with Gasteiger partial charge < -0.3 is 5.32 Å². The molecule has 0 aliphatic carbocycles. The number of rotatable bonds is 6. The van der Waals surface area contributed by atoms with Crippen LogP contribution in [0, 0.1) is 6.92 Å². The molecule has 1 aromatic heterocycles. The Bertz CT molecular complexity index is 1050. The molecule has 0 unspecified atom stereocenters. The van der Waals surface area contributed by atoms with Crippen molar-refractivity contribution in [1.29, 1.82) is 0 Å². The molecule has 0 fully saturated rings. The quantitative estimate of drug-likeness (QED) is 0.687. The van der Waals surface area contributed by atoms with Gasteiger partial charge >= 0.3 is 0 Å². The lowest BCUT2D eigenvalue weighted by molar-refractivity contribution is 0.0950. The van der Waals surface area contributed by atoms with Crippen LogP contribution < -0.4 is 10.0 Å². The summed E-state index contributed by atoms with van der Waals surface area (Å²) in [5, 5.41) is 2.76. The van der Waals surface area contributed by atoms with Gasteiger partial charge in [0, 0.05) is 24.5 Å². The Morgan fingerprint density at radius 2 is 1.85 bits per heavy atom. The summed E-state index contributed by atoms with van der Waals surface area (Å²) >= 11 is 0. The van der Waals surface area contributed by atoms with Crippen molar-refractivity contribution in [2.75, 3.05) is 4.72 Å². The van der Waals surface area contributed by atoms with E-state index in [0.29, 0.717) is 12.2 Å². The van der Waals surface area contributed by atoms with E-state index in [2.05, 4.69) is 15.0 Å². The maximum Gasteiger partial charge on any atom is 0.261 e. The molecule has 138 valence electrons. The molecule has 0 saturated carbocycles. The predicted octanol–water partition coefficient (Wildman–Crippen LogP) is 3.12. The van der Waals surface area contributed by atoms with Gasteiger partial charge in [-0.15, -0.1) is 0 Å². The second-order valence-electron chi connectivity index (χ2n) is 5.99. The van der Waals surface area contributed by atoms with Crippen molar-refractivity contribution in [3.8, 4) is 0 Å². The molecule has 0 spiro atoms. The Morgan fingerprint density at radius 1 is 1.04 bits per heavy atom. The highest BCUT2D eigenvalue weighted by Gasteiger charge is 2.17. The SMILES string of the molecule is Cc1ccccc1NS(=O)(=O)c1cccc(C(=O)NCc2cccnc2)c1. The lowest BCUT2D eigenvalue weighted by Crippen LogP contribution is -2.23. The van der Waals surface area contributed by atoms with Crippen molar-refractivity contribution < 1.29 is 13.2 Å². The van der Waals surface area contributed by atoms with E-state index < -0.39 is 10.0 Å². The Labute approximate surface area is 158 Å². The monoisotopic (exact) mass is 381 g/mol. The van der Waals surface area contributed by atoms with Crippen LogP contribution in [-0.2, 0) is 16.6 Å². The number of para-hydroxylation sites is 1. The zero-order chi connectivity index (χ0) is 19.3. The Kier molecular flexibility index (Phi) is 5.52. The highest BCUT2D eigenvalue weighted by Crippen LogP contribution is 2.20. The lowest BCUT2D eigenvalue weighted by Gasteiger charge is -2.11. The first-order chi connectivity index (χ1) is 13.0. The number of carbonyl (C=O) groups excluding carboxylic acids is 1. The summed E-state index contributed by atoms with van der Waals surface area (Å²) in [7, 11) is -3.80. The highest BCUT2D eigenvalue weighted by molar-refractivity contribution is 7.92. The van der Waals surface area contributed by atoms with E-state index in [4.69, 9.17) is 0 Å². The molecule has 0 saturated heterocycles. The van der Waals surface area contributed by atoms with Crippen molar-refractivity contribution in [1.82, 2.24) is 10.3 Å². The molecule has 0 aliphatic rings. The Morgan fingerprint density at radius 3 is 2.59 bits per heavy atom. The topological polar surface area (TPSA) is 88.2 Å². The number of anilines is 1. The number of nitrogens with zero attached hydrogens (tertiary/aromatic N) is 1. The van der Waals surface area contributed by atoms with Crippen LogP contribution >= 0.6 is 0 Å². The first-order valence-electron chi connectivity index (χ1n) is 8.31. The Balaban J connectivity index is 1.76. The van der Waals surface area contributed by atoms with Crippen LogP contribution in [0.4, 0.5) is 5.69 Å². The first-order valence-corrected chi connectivity index (χ1v) is 9.80. The van der Waals surface area contributed by atoms with E-state index in [1.54, 1.807) is 42.7 Å². The molecule has 3 rings (SSSR count). The van der Waals surface area contributed by atoms with Gasteiger partial charge in [0.05, 0.1) is 10.6 Å². The standard InChI is InChI=1S/C20H19N3O3S/c1-15-6-2-3-10-19(15)23-27(25,26)18-9-4-8-17(12-18)20(24)22-14-16-7-5-11-21-13-16/h2-13,23H,14H2,1H3,(H,22,24). The molecule has 2 aromatic carbocycles. The summed E-state index contributed by atoms with van der Waals surface area (Å²) < 4.78 is 27.9. The van der Waals surface area contributed by atoms with Crippen LogP contribution in [0.2, 0.25) is 0 Å². The van der Waals surface area contributed by atoms with Gasteiger partial charge in [-0.2, -0.15) is 0 Å². The summed E-state index contributed by atoms with van der Waals surface area (Å²) in [6.45, 7) is 2.13. The molecule has 6 nitrogen and oxygen atoms in total. The minimum absolute atomic E-state index is 0.0276. The maximum atomic E-state index is 12.7. The number of benzene rings is 2. The van der Waals surface area contributed by atoms with E-state index in [9.17, 15) is 13.2 Å². The molecule has 0 aliphatic heterocycles. The van der Waals surface area contributed by atoms with Crippen LogP contribution in [0.25, 0.3) is 0 Å². The van der Waals surface area contributed by atoms with Crippen molar-refractivity contribution in [3.05, 3.63) is 89.7 Å². The molecule has 0 bridgehead atoms. The van der Waals surface area contributed by atoms with Crippen LogP contribution in [0.3, 0.4) is 0 Å². The largest absolute Gasteiger partial charge is 0.348 e. The van der Waals surface area contributed by atoms with E-state index in [1.165, 1.54) is 12.1 Å². The van der Waals surface area contributed by atoms with E-state index in [1.807, 2.05) is 25.1 Å². The van der Waals surface area contributed by atoms with Gasteiger partial charge in [0.25, 0.3) is 15.9 Å². The number of aryl methyl sites for hydroxylation is 1. The number of carbonyl (C=O) groups is 1. The van der Waals surface area contributed by atoms with Gasteiger partial charge in [-0.05, 0) is 48.4 Å². The predicted molar refractivity (Wildman–Crippen MR) is 104 cm³/mol. The van der Waals surface area contributed by atoms with Crippen molar-refractivity contribution >= 4 is 21.6 Å². The van der Waals surface area contributed by atoms with Gasteiger partial charge in [0.15, 0.2) is 0 Å². The normalized spacial score (nSPS) is 11.0. The maximum absolute atomic E-state index is 12.7. The number of hydrogen-bond acceptors (Lipinski definition) is 4. The molecule has 2 N–H and O–H groups in total. The fourth-order valence-electron chi connectivity index (χ4n) is 2.48. The lowest BCUT2D eigenvalue weighted by atomic mass is 10.2. The fourth-order valence-corrected chi connectivity index (χ4v) is 3.66. The summed E-state index contributed by atoms with van der Waals surface area (Å²) in [5.41, 5.74) is 2.44. The van der Waals surface area contributed by atoms with Crippen molar-refractivity contribution in [3.63, 3.8) is 0 Å². The second kappa shape index (κ2) is 8.01. The molecule has 0 radical (unpaired) electrons. The summed E-state index contributed by atoms with van der Waals surface area (Å²) in [6, 6.07) is 16.7. The number of pyridine rings is 1. The zero-order valence-corrected chi connectivity index (χ0v) is 15.5. The van der Waals surface area contributed by atoms with Crippen molar-refractivity contribution in [2.45, 2.75) is 18.4 Å². The molecular formula is C20H19N3O3S. The minimum atomic E-state index is -3.80. The van der Waals surface area contributed by atoms with Crippen LogP contribution in [0.15, 0.2) is 78.0 Å². The van der Waals surface area contributed by atoms with Crippen LogP contribution in [0.5, 0.6) is 0 Å². The first kappa shape index (κ1) is 18.6. The van der Waals surface area contributed by atoms with E-state index in [0.717, 1.165) is 11.1 Å². The zero-order valence-electron chi connectivity index (χ0n) is 14.7. The number of sulfonamides is 1. The van der Waals surface area contributed by atoms with Gasteiger partial charge in [-0.1, -0.05) is 30.3 Å². The Hall–Kier alpha value is -3.19. The van der Waals surface area contributed by atoms with Crippen LogP contribution in [-0.4, -0.2) is 19.3 Å². The van der Waals surface area contributed by atoms with Gasteiger partial charge in [-0.25, -0.2) is 8.42 Å². The van der Waals surface area contributed by atoms with Gasteiger partial charge in [0.2, 0.25) is 0 Å². The van der Waals surface area contributed by atoms with E-state index in [-0.39, 0.29) is 16.4 Å². The third-order valence-electron chi connectivity index (χ3n) is 3.97. The van der Waals surface area contributed by atoms with Gasteiger partial charge in [-0.3, -0.25) is 14.5 Å². The van der Waals surface area contributed by atoms with E-state index >= 15 is 0 Å². The molecular weight excluding hydrogens is 362 g/mol. The van der Waals surface area contributed by atoms with Crippen molar-refractivity contribution in [2.24, 2.45) is 0 Å². The molecule has 7 heteroatoms. The summed E-state index contributed by atoms with van der Waals surface area (Å²) in [6.07, 6.45) is 3.31. The average molecular weight is 381 g/mol. The highest BCUT2D eigenvalue weighted by atomic mass is 32.2. The molecule has 3 aromatic rings. The molecule has 0 atom stereocenters. The second-order valence-corrected chi connectivity index (χ2v) is 7.67. The number of amides is 1. The molecule has 1 heterocycles. The average Bonchev–Trinajstić information content (AvgIpc) is 2.69. The number of aromatic nitrogens is 1. The fraction of sp³-hybridized carbons (Fsp3) is 0.100. The third-order valence-corrected chi connectivity index (χ3v) is 5.33.